The van der Waals surface area contributed by atoms with E-state index in [1.807, 2.05) is 0 Å². The maximum absolute atomic E-state index is 5.71. The van der Waals surface area contributed by atoms with E-state index in [0.717, 1.165) is 30.9 Å². The first-order valence-electron chi connectivity index (χ1n) is 6.21. The third kappa shape index (κ3) is 3.63. The summed E-state index contributed by atoms with van der Waals surface area (Å²) in [6.45, 7) is 7.96. The molecule has 0 fully saturated rings. The summed E-state index contributed by atoms with van der Waals surface area (Å²) >= 11 is 0. The van der Waals surface area contributed by atoms with Gasteiger partial charge in [0, 0.05) is 6.54 Å². The number of benzene rings is 1. The highest BCUT2D eigenvalue weighted by Gasteiger charge is 2.09. The van der Waals surface area contributed by atoms with Gasteiger partial charge in [0.1, 0.15) is 5.75 Å². The van der Waals surface area contributed by atoms with Gasteiger partial charge < -0.3 is 15.8 Å². The number of nitrogens with two attached hydrogens (primary N) is 1. The molecule has 0 aliphatic heterocycles. The number of hydrogen-bond donors (Lipinski definition) is 2. The highest BCUT2D eigenvalue weighted by atomic mass is 16.5. The third-order valence-corrected chi connectivity index (χ3v) is 3.14. The number of methoxy groups -OCH3 is 1. The maximum Gasteiger partial charge on any atom is 0.142 e. The molecule has 0 bridgehead atoms. The largest absolute Gasteiger partial charge is 0.495 e. The van der Waals surface area contributed by atoms with Crippen molar-refractivity contribution in [2.75, 3.05) is 25.5 Å². The highest BCUT2D eigenvalue weighted by Crippen LogP contribution is 2.29. The summed E-state index contributed by atoms with van der Waals surface area (Å²) in [6.07, 6.45) is 1.09. The molecule has 0 saturated carbocycles. The second-order valence-electron chi connectivity index (χ2n) is 4.55. The van der Waals surface area contributed by atoms with Gasteiger partial charge in [0.15, 0.2) is 0 Å². The molecule has 1 rings (SSSR count). The molecule has 96 valence electrons. The Balaban J connectivity index is 2.82. The van der Waals surface area contributed by atoms with E-state index in [-0.39, 0.29) is 0 Å². The van der Waals surface area contributed by atoms with Gasteiger partial charge >= 0.3 is 0 Å². The summed E-state index contributed by atoms with van der Waals surface area (Å²) < 4.78 is 5.41. The second-order valence-corrected chi connectivity index (χ2v) is 4.55. The van der Waals surface area contributed by atoms with Crippen LogP contribution in [0.4, 0.5) is 5.69 Å². The van der Waals surface area contributed by atoms with Crippen LogP contribution in [0.3, 0.4) is 0 Å². The standard InChI is InChI=1S/C14H24N2O/c1-5-12(8-15)9-16-14-11(3)6-10(2)7-13(14)17-4/h6-7,12,16H,5,8-9,15H2,1-4H3. The minimum absolute atomic E-state index is 0.514. The molecule has 0 radical (unpaired) electrons. The first kappa shape index (κ1) is 13.8. The van der Waals surface area contributed by atoms with E-state index in [0.29, 0.717) is 5.92 Å². The zero-order valence-electron chi connectivity index (χ0n) is 11.3. The average molecular weight is 236 g/mol. The van der Waals surface area contributed by atoms with Crippen LogP contribution in [0.25, 0.3) is 0 Å². The summed E-state index contributed by atoms with van der Waals surface area (Å²) in [5.74, 6) is 1.43. The monoisotopic (exact) mass is 236 g/mol. The van der Waals surface area contributed by atoms with Crippen LogP contribution in [0.1, 0.15) is 24.5 Å². The summed E-state index contributed by atoms with van der Waals surface area (Å²) in [5, 5.41) is 3.46. The van der Waals surface area contributed by atoms with Crippen molar-refractivity contribution in [2.24, 2.45) is 11.7 Å². The quantitative estimate of drug-likeness (QED) is 0.798. The van der Waals surface area contributed by atoms with Crippen LogP contribution in [0.15, 0.2) is 12.1 Å². The zero-order chi connectivity index (χ0) is 12.8. The van der Waals surface area contributed by atoms with Crippen molar-refractivity contribution in [3.8, 4) is 5.75 Å². The predicted octanol–water partition coefficient (Wildman–Crippen LogP) is 2.71. The van der Waals surface area contributed by atoms with Gasteiger partial charge in [0.25, 0.3) is 0 Å². The SMILES string of the molecule is CCC(CN)CNc1c(C)cc(C)cc1OC. The Morgan fingerprint density at radius 1 is 1.35 bits per heavy atom. The summed E-state index contributed by atoms with van der Waals surface area (Å²) in [7, 11) is 1.71. The molecular formula is C14H24N2O. The third-order valence-electron chi connectivity index (χ3n) is 3.14. The number of rotatable bonds is 6. The molecule has 0 heterocycles. The summed E-state index contributed by atoms with van der Waals surface area (Å²) in [6, 6.07) is 4.22. The van der Waals surface area contributed by atoms with E-state index in [4.69, 9.17) is 10.5 Å². The van der Waals surface area contributed by atoms with E-state index in [2.05, 4.69) is 38.2 Å². The van der Waals surface area contributed by atoms with Crippen LogP contribution in [0.2, 0.25) is 0 Å². The molecule has 1 aromatic rings. The van der Waals surface area contributed by atoms with E-state index in [1.54, 1.807) is 7.11 Å². The zero-order valence-corrected chi connectivity index (χ0v) is 11.3. The van der Waals surface area contributed by atoms with Gasteiger partial charge in [-0.1, -0.05) is 19.4 Å². The van der Waals surface area contributed by atoms with Crippen LogP contribution in [0.5, 0.6) is 5.75 Å². The second kappa shape index (κ2) is 6.50. The molecule has 1 unspecified atom stereocenters. The van der Waals surface area contributed by atoms with Gasteiger partial charge in [0.2, 0.25) is 0 Å². The Morgan fingerprint density at radius 3 is 2.59 bits per heavy atom. The van der Waals surface area contributed by atoms with Crippen molar-refractivity contribution in [2.45, 2.75) is 27.2 Å². The van der Waals surface area contributed by atoms with Crippen molar-refractivity contribution in [1.82, 2.24) is 0 Å². The number of aryl methyl sites for hydroxylation is 2. The van der Waals surface area contributed by atoms with Crippen LogP contribution < -0.4 is 15.8 Å². The van der Waals surface area contributed by atoms with Gasteiger partial charge in [-0.3, -0.25) is 0 Å². The minimum Gasteiger partial charge on any atom is -0.495 e. The molecule has 0 spiro atoms. The topological polar surface area (TPSA) is 47.3 Å². The van der Waals surface area contributed by atoms with E-state index < -0.39 is 0 Å². The molecule has 0 aliphatic carbocycles. The predicted molar refractivity (Wildman–Crippen MR) is 73.8 cm³/mol. The maximum atomic E-state index is 5.71. The van der Waals surface area contributed by atoms with Crippen LogP contribution in [-0.2, 0) is 0 Å². The average Bonchev–Trinajstić information content (AvgIpc) is 2.31. The molecule has 0 saturated heterocycles. The normalized spacial score (nSPS) is 12.3. The van der Waals surface area contributed by atoms with Gasteiger partial charge in [-0.2, -0.15) is 0 Å². The molecule has 1 atom stereocenters. The van der Waals surface area contributed by atoms with Gasteiger partial charge in [-0.05, 0) is 43.5 Å². The molecule has 3 heteroatoms. The van der Waals surface area contributed by atoms with Crippen LogP contribution in [0, 0.1) is 19.8 Å². The fourth-order valence-corrected chi connectivity index (χ4v) is 1.96. The van der Waals surface area contributed by atoms with Gasteiger partial charge in [-0.25, -0.2) is 0 Å². The summed E-state index contributed by atoms with van der Waals surface area (Å²) in [4.78, 5) is 0. The molecule has 3 nitrogen and oxygen atoms in total. The molecule has 0 aliphatic rings. The van der Waals surface area contributed by atoms with Crippen molar-refractivity contribution in [3.63, 3.8) is 0 Å². The van der Waals surface area contributed by atoms with Gasteiger partial charge in [0.05, 0.1) is 12.8 Å². The number of ether oxygens (including phenoxy) is 1. The highest BCUT2D eigenvalue weighted by molar-refractivity contribution is 5.63. The number of nitrogens with one attached hydrogen (secondary N) is 1. The Bertz CT molecular complexity index is 359. The molecule has 0 amide bonds. The van der Waals surface area contributed by atoms with Crippen LogP contribution >= 0.6 is 0 Å². The van der Waals surface area contributed by atoms with Crippen molar-refractivity contribution >= 4 is 5.69 Å². The number of anilines is 1. The fourth-order valence-electron chi connectivity index (χ4n) is 1.96. The lowest BCUT2D eigenvalue weighted by Gasteiger charge is -2.18. The Hall–Kier alpha value is -1.22. The van der Waals surface area contributed by atoms with Crippen LogP contribution in [-0.4, -0.2) is 20.2 Å². The molecule has 1 aromatic carbocycles. The molecule has 3 N–H and O–H groups in total. The molecule has 0 aromatic heterocycles. The molecular weight excluding hydrogens is 212 g/mol. The lowest BCUT2D eigenvalue weighted by atomic mass is 10.1. The first-order valence-corrected chi connectivity index (χ1v) is 6.21. The lowest BCUT2D eigenvalue weighted by molar-refractivity contribution is 0.415. The molecule has 17 heavy (non-hydrogen) atoms. The van der Waals surface area contributed by atoms with Crippen molar-refractivity contribution in [1.29, 1.82) is 0 Å². The Labute approximate surface area is 104 Å². The van der Waals surface area contributed by atoms with Crippen molar-refractivity contribution < 1.29 is 4.74 Å². The smallest absolute Gasteiger partial charge is 0.142 e. The fraction of sp³-hybridized carbons (Fsp3) is 0.571. The lowest BCUT2D eigenvalue weighted by Crippen LogP contribution is -2.22. The van der Waals surface area contributed by atoms with E-state index >= 15 is 0 Å². The van der Waals surface area contributed by atoms with Gasteiger partial charge in [-0.15, -0.1) is 0 Å². The Morgan fingerprint density at radius 2 is 2.06 bits per heavy atom. The minimum atomic E-state index is 0.514. The first-order chi connectivity index (χ1) is 8.12. The van der Waals surface area contributed by atoms with E-state index in [1.165, 1.54) is 11.1 Å². The summed E-state index contributed by atoms with van der Waals surface area (Å²) in [5.41, 5.74) is 9.23. The van der Waals surface area contributed by atoms with E-state index in [9.17, 15) is 0 Å². The Kier molecular flexibility index (Phi) is 5.29. The number of hydrogen-bond acceptors (Lipinski definition) is 3. The van der Waals surface area contributed by atoms with Crippen molar-refractivity contribution in [3.05, 3.63) is 23.3 Å².